The lowest BCUT2D eigenvalue weighted by Crippen LogP contribution is -2.59. The van der Waals surface area contributed by atoms with Crippen LogP contribution in [0.15, 0.2) is 17.3 Å². The maximum absolute atomic E-state index is 9.94. The highest BCUT2D eigenvalue weighted by Crippen LogP contribution is 2.22. The summed E-state index contributed by atoms with van der Waals surface area (Å²) in [6.45, 7) is 0.298. The molecule has 0 bridgehead atoms. The second-order valence-electron chi connectivity index (χ2n) is 6.72. The first-order chi connectivity index (χ1) is 13.1. The van der Waals surface area contributed by atoms with Crippen LogP contribution in [-0.4, -0.2) is 70.9 Å². The topological polar surface area (TPSA) is 148 Å². The highest BCUT2D eigenvalue weighted by atomic mass is 16.7. The summed E-state index contributed by atoms with van der Waals surface area (Å²) in [5, 5.41) is 42.0. The molecular weight excluding hydrogens is 354 g/mol. The fourth-order valence-electron chi connectivity index (χ4n) is 2.98. The van der Waals surface area contributed by atoms with Gasteiger partial charge in [-0.25, -0.2) is 0 Å². The largest absolute Gasteiger partial charge is 0.394 e. The van der Waals surface area contributed by atoms with E-state index in [9.17, 15) is 15.3 Å². The molecule has 0 amide bonds. The number of hydrogen-bond donors (Lipinski definition) is 4. The summed E-state index contributed by atoms with van der Waals surface area (Å²) in [5.41, 5.74) is 8.16. The number of azide groups is 1. The van der Waals surface area contributed by atoms with E-state index in [2.05, 4.69) is 10.0 Å². The Hall–Kier alpha value is -1.19. The van der Waals surface area contributed by atoms with Crippen LogP contribution in [0.5, 0.6) is 0 Å². The number of allylic oxidation sites excluding steroid dienone is 1. The SMILES string of the molecule is [N-]=[N+]=NCCCCCCCCC/C=C/CO[C@@H]1[C@@H](O)[C@@H](O)[C@@H](CO)O[C@H]1O. The molecule has 9 heteroatoms. The van der Waals surface area contributed by atoms with Gasteiger partial charge in [-0.15, -0.1) is 0 Å². The summed E-state index contributed by atoms with van der Waals surface area (Å²) < 4.78 is 10.4. The van der Waals surface area contributed by atoms with E-state index in [1.807, 2.05) is 12.2 Å². The molecule has 1 aliphatic heterocycles. The highest BCUT2D eigenvalue weighted by molar-refractivity contribution is 4.90. The van der Waals surface area contributed by atoms with Gasteiger partial charge in [0.05, 0.1) is 13.2 Å². The number of hydrogen-bond acceptors (Lipinski definition) is 7. The molecule has 0 aromatic carbocycles. The number of aliphatic hydroxyl groups is 4. The molecule has 0 aliphatic carbocycles. The molecule has 1 saturated heterocycles. The Morgan fingerprint density at radius 2 is 1.63 bits per heavy atom. The molecule has 156 valence electrons. The van der Waals surface area contributed by atoms with Crippen molar-refractivity contribution in [2.45, 2.75) is 82.1 Å². The molecular formula is C18H33N3O6. The van der Waals surface area contributed by atoms with Crippen molar-refractivity contribution in [1.82, 2.24) is 0 Å². The van der Waals surface area contributed by atoms with Gasteiger partial charge in [-0.1, -0.05) is 49.4 Å². The van der Waals surface area contributed by atoms with E-state index in [1.165, 1.54) is 19.3 Å². The van der Waals surface area contributed by atoms with Crippen molar-refractivity contribution in [3.8, 4) is 0 Å². The molecule has 0 radical (unpaired) electrons. The Labute approximate surface area is 160 Å². The third-order valence-electron chi connectivity index (χ3n) is 4.59. The van der Waals surface area contributed by atoms with E-state index in [0.717, 1.165) is 32.1 Å². The minimum Gasteiger partial charge on any atom is -0.394 e. The molecule has 0 aromatic heterocycles. The maximum atomic E-state index is 9.94. The Balaban J connectivity index is 2.02. The van der Waals surface area contributed by atoms with Crippen LogP contribution < -0.4 is 0 Å². The molecule has 1 fully saturated rings. The van der Waals surface area contributed by atoms with Crippen molar-refractivity contribution < 1.29 is 29.9 Å². The van der Waals surface area contributed by atoms with Crippen molar-refractivity contribution in [2.24, 2.45) is 5.11 Å². The zero-order valence-electron chi connectivity index (χ0n) is 15.8. The molecule has 0 aromatic rings. The van der Waals surface area contributed by atoms with Crippen LogP contribution in [0.25, 0.3) is 10.4 Å². The fraction of sp³-hybridized carbons (Fsp3) is 0.889. The van der Waals surface area contributed by atoms with Crippen molar-refractivity contribution >= 4 is 0 Å². The van der Waals surface area contributed by atoms with Crippen LogP contribution in [0.3, 0.4) is 0 Å². The van der Waals surface area contributed by atoms with Crippen LogP contribution >= 0.6 is 0 Å². The molecule has 1 rings (SSSR count). The minimum atomic E-state index is -1.39. The second-order valence-corrected chi connectivity index (χ2v) is 6.72. The summed E-state index contributed by atoms with van der Waals surface area (Å²) >= 11 is 0. The number of nitrogens with zero attached hydrogens (tertiary/aromatic N) is 3. The lowest BCUT2D eigenvalue weighted by molar-refractivity contribution is -0.294. The minimum absolute atomic E-state index is 0.198. The standard InChI is InChI=1S/C18H33N3O6/c19-21-20-11-9-7-5-3-1-2-4-6-8-10-12-26-17-16(24)15(23)14(13-22)27-18(17)25/h8,10,14-18,22-25H,1-7,9,11-13H2/b10-8+/t14-,15+,16+,17-,18-/m1/s1. The average Bonchev–Trinajstić information content (AvgIpc) is 2.67. The van der Waals surface area contributed by atoms with Gasteiger partial charge in [0.1, 0.15) is 24.4 Å². The van der Waals surface area contributed by atoms with E-state index in [1.54, 1.807) is 0 Å². The van der Waals surface area contributed by atoms with E-state index >= 15 is 0 Å². The van der Waals surface area contributed by atoms with Gasteiger partial charge >= 0.3 is 0 Å². The summed E-state index contributed by atoms with van der Waals surface area (Å²) in [6.07, 6.45) is 6.53. The fourth-order valence-corrected chi connectivity index (χ4v) is 2.98. The van der Waals surface area contributed by atoms with Gasteiger partial charge in [0.2, 0.25) is 0 Å². The molecule has 5 atom stereocenters. The first kappa shape index (κ1) is 23.8. The molecule has 0 saturated carbocycles. The van der Waals surface area contributed by atoms with Gasteiger partial charge in [0.25, 0.3) is 0 Å². The Morgan fingerprint density at radius 3 is 2.30 bits per heavy atom. The van der Waals surface area contributed by atoms with Crippen molar-refractivity contribution in [3.05, 3.63) is 22.6 Å². The predicted octanol–water partition coefficient (Wildman–Crippen LogP) is 1.79. The van der Waals surface area contributed by atoms with E-state index < -0.39 is 37.3 Å². The first-order valence-corrected chi connectivity index (χ1v) is 9.69. The third kappa shape index (κ3) is 9.53. The third-order valence-corrected chi connectivity index (χ3v) is 4.59. The molecule has 1 heterocycles. The summed E-state index contributed by atoms with van der Waals surface area (Å²) in [4.78, 5) is 2.73. The number of ether oxygens (including phenoxy) is 2. The normalized spacial score (nSPS) is 28.4. The van der Waals surface area contributed by atoms with Crippen LogP contribution in [0.4, 0.5) is 0 Å². The van der Waals surface area contributed by atoms with Gasteiger partial charge in [-0.2, -0.15) is 0 Å². The van der Waals surface area contributed by atoms with Crippen molar-refractivity contribution in [3.63, 3.8) is 0 Å². The van der Waals surface area contributed by atoms with Crippen LogP contribution in [-0.2, 0) is 9.47 Å². The van der Waals surface area contributed by atoms with Crippen LogP contribution in [0, 0.1) is 0 Å². The molecule has 0 unspecified atom stereocenters. The van der Waals surface area contributed by atoms with Crippen molar-refractivity contribution in [2.75, 3.05) is 19.8 Å². The van der Waals surface area contributed by atoms with Gasteiger partial charge in [0, 0.05) is 11.5 Å². The van der Waals surface area contributed by atoms with E-state index in [4.69, 9.17) is 20.1 Å². The molecule has 1 aliphatic rings. The van der Waals surface area contributed by atoms with Gasteiger partial charge in [-0.05, 0) is 24.8 Å². The number of rotatable bonds is 14. The quantitative estimate of drug-likeness (QED) is 0.117. The lowest BCUT2D eigenvalue weighted by atomic mass is 9.99. The van der Waals surface area contributed by atoms with Crippen molar-refractivity contribution in [1.29, 1.82) is 0 Å². The van der Waals surface area contributed by atoms with Crippen LogP contribution in [0.2, 0.25) is 0 Å². The Morgan fingerprint density at radius 1 is 0.963 bits per heavy atom. The Bertz CT molecular complexity index is 458. The second kappa shape index (κ2) is 14.8. The van der Waals surface area contributed by atoms with Gasteiger partial charge < -0.3 is 29.9 Å². The first-order valence-electron chi connectivity index (χ1n) is 9.69. The lowest BCUT2D eigenvalue weighted by Gasteiger charge is -2.39. The maximum Gasteiger partial charge on any atom is 0.184 e. The zero-order valence-corrected chi connectivity index (χ0v) is 15.8. The smallest absolute Gasteiger partial charge is 0.184 e. The Kier molecular flexibility index (Phi) is 13.1. The van der Waals surface area contributed by atoms with Gasteiger partial charge in [-0.3, -0.25) is 0 Å². The molecule has 0 spiro atoms. The molecule has 27 heavy (non-hydrogen) atoms. The van der Waals surface area contributed by atoms with E-state index in [0.29, 0.717) is 6.54 Å². The summed E-state index contributed by atoms with van der Waals surface area (Å²) in [6, 6.07) is 0. The number of unbranched alkanes of at least 4 members (excludes halogenated alkanes) is 7. The van der Waals surface area contributed by atoms with Gasteiger partial charge in [0.15, 0.2) is 6.29 Å². The highest BCUT2D eigenvalue weighted by Gasteiger charge is 2.44. The average molecular weight is 387 g/mol. The molecule has 4 N–H and O–H groups in total. The summed E-state index contributed by atoms with van der Waals surface area (Å²) in [5.74, 6) is 0. The molecule has 9 nitrogen and oxygen atoms in total. The predicted molar refractivity (Wildman–Crippen MR) is 99.8 cm³/mol. The monoisotopic (exact) mass is 387 g/mol. The zero-order chi connectivity index (χ0) is 19.9. The van der Waals surface area contributed by atoms with E-state index in [-0.39, 0.29) is 6.61 Å². The van der Waals surface area contributed by atoms with Crippen LogP contribution in [0.1, 0.15) is 51.4 Å². The summed E-state index contributed by atoms with van der Waals surface area (Å²) in [7, 11) is 0. The number of aliphatic hydroxyl groups excluding tert-OH is 4.